The zero-order chi connectivity index (χ0) is 13.5. The van der Waals surface area contributed by atoms with Crippen molar-refractivity contribution in [2.45, 2.75) is 13.5 Å². The minimum Gasteiger partial charge on any atom is -0.497 e. The molecule has 1 aromatic carbocycles. The van der Waals surface area contributed by atoms with E-state index in [1.54, 1.807) is 7.11 Å². The van der Waals surface area contributed by atoms with Crippen molar-refractivity contribution in [1.29, 1.82) is 0 Å². The minimum atomic E-state index is -0.170. The summed E-state index contributed by atoms with van der Waals surface area (Å²) in [6, 6.07) is 7.93. The van der Waals surface area contributed by atoms with E-state index in [-0.39, 0.29) is 11.9 Å². The van der Waals surface area contributed by atoms with Crippen molar-refractivity contribution in [3.8, 4) is 5.75 Å². The fourth-order valence-electron chi connectivity index (χ4n) is 1.85. The molecule has 0 aromatic heterocycles. The third-order valence-corrected chi connectivity index (χ3v) is 2.80. The van der Waals surface area contributed by atoms with E-state index in [0.717, 1.165) is 12.3 Å². The molecule has 0 bridgehead atoms. The van der Waals surface area contributed by atoms with Crippen LogP contribution in [0.15, 0.2) is 24.3 Å². The lowest BCUT2D eigenvalue weighted by Crippen LogP contribution is -2.29. The molecule has 100 valence electrons. The van der Waals surface area contributed by atoms with E-state index in [1.807, 2.05) is 38.2 Å². The lowest BCUT2D eigenvalue weighted by Gasteiger charge is -2.20. The molecule has 0 aliphatic carbocycles. The molecule has 4 nitrogen and oxygen atoms in total. The van der Waals surface area contributed by atoms with Gasteiger partial charge in [0.15, 0.2) is 0 Å². The van der Waals surface area contributed by atoms with Gasteiger partial charge in [-0.2, -0.15) is 0 Å². The first-order valence-electron chi connectivity index (χ1n) is 5.96. The molecule has 1 unspecified atom stereocenters. The summed E-state index contributed by atoms with van der Waals surface area (Å²) in [5.41, 5.74) is 1.19. The molecule has 0 saturated carbocycles. The predicted octanol–water partition coefficient (Wildman–Crippen LogP) is 1.94. The molecule has 1 atom stereocenters. The maximum Gasteiger partial charge on any atom is 0.309 e. The molecule has 1 rings (SSSR count). The third-order valence-electron chi connectivity index (χ3n) is 2.80. The number of ether oxygens (including phenoxy) is 2. The fraction of sp³-hybridized carbons (Fsp3) is 0.500. The molecule has 0 fully saturated rings. The normalized spacial score (nSPS) is 12.3. The van der Waals surface area contributed by atoms with Crippen LogP contribution in [-0.2, 0) is 16.1 Å². The second kappa shape index (κ2) is 7.01. The van der Waals surface area contributed by atoms with Crippen molar-refractivity contribution in [3.63, 3.8) is 0 Å². The molecule has 0 amide bonds. The number of rotatable bonds is 6. The van der Waals surface area contributed by atoms with Crippen molar-refractivity contribution in [2.75, 3.05) is 27.8 Å². The summed E-state index contributed by atoms with van der Waals surface area (Å²) in [5.74, 6) is 0.569. The van der Waals surface area contributed by atoms with Gasteiger partial charge in [-0.1, -0.05) is 19.1 Å². The van der Waals surface area contributed by atoms with Crippen LogP contribution in [0.1, 0.15) is 12.5 Å². The Labute approximate surface area is 108 Å². The van der Waals surface area contributed by atoms with Crippen LogP contribution in [0.5, 0.6) is 5.75 Å². The predicted molar refractivity (Wildman–Crippen MR) is 70.5 cm³/mol. The van der Waals surface area contributed by atoms with Gasteiger partial charge in [-0.3, -0.25) is 4.79 Å². The Bertz CT molecular complexity index is 375. The van der Waals surface area contributed by atoms with Crippen LogP contribution < -0.4 is 4.74 Å². The lowest BCUT2D eigenvalue weighted by atomic mass is 10.1. The quantitative estimate of drug-likeness (QED) is 0.724. The number of methoxy groups -OCH3 is 2. The SMILES string of the molecule is COC(=O)C(C)CN(C)Cc1ccc(OC)cc1. The van der Waals surface area contributed by atoms with Gasteiger partial charge in [0.2, 0.25) is 0 Å². The molecule has 0 aliphatic heterocycles. The summed E-state index contributed by atoms with van der Waals surface area (Å²) in [4.78, 5) is 13.4. The first kappa shape index (κ1) is 14.5. The van der Waals surface area contributed by atoms with Gasteiger partial charge in [-0.15, -0.1) is 0 Å². The first-order valence-corrected chi connectivity index (χ1v) is 5.96. The Hall–Kier alpha value is -1.55. The van der Waals surface area contributed by atoms with Crippen LogP contribution in [0.2, 0.25) is 0 Å². The van der Waals surface area contributed by atoms with Crippen molar-refractivity contribution in [1.82, 2.24) is 4.90 Å². The average molecular weight is 251 g/mol. The summed E-state index contributed by atoms with van der Waals surface area (Å²) in [6.45, 7) is 3.35. The highest BCUT2D eigenvalue weighted by Gasteiger charge is 2.15. The molecule has 0 aliphatic rings. The van der Waals surface area contributed by atoms with E-state index in [9.17, 15) is 4.79 Å². The second-order valence-corrected chi connectivity index (χ2v) is 4.47. The molecule has 0 heterocycles. The smallest absolute Gasteiger partial charge is 0.309 e. The molecule has 0 saturated heterocycles. The Kier molecular flexibility index (Phi) is 5.65. The Morgan fingerprint density at radius 3 is 2.39 bits per heavy atom. The van der Waals surface area contributed by atoms with Crippen LogP contribution in [0.3, 0.4) is 0 Å². The molecule has 1 aromatic rings. The third kappa shape index (κ3) is 4.37. The minimum absolute atomic E-state index is 0.113. The Morgan fingerprint density at radius 1 is 1.28 bits per heavy atom. The van der Waals surface area contributed by atoms with Gasteiger partial charge in [-0.05, 0) is 24.7 Å². The van der Waals surface area contributed by atoms with Crippen LogP contribution in [0.4, 0.5) is 0 Å². The van der Waals surface area contributed by atoms with Crippen LogP contribution in [-0.4, -0.2) is 38.7 Å². The van der Waals surface area contributed by atoms with Gasteiger partial charge in [0.25, 0.3) is 0 Å². The zero-order valence-corrected chi connectivity index (χ0v) is 11.5. The highest BCUT2D eigenvalue weighted by Crippen LogP contribution is 2.13. The van der Waals surface area contributed by atoms with Gasteiger partial charge in [0.05, 0.1) is 20.1 Å². The number of nitrogens with zero attached hydrogens (tertiary/aromatic N) is 1. The number of esters is 1. The zero-order valence-electron chi connectivity index (χ0n) is 11.5. The van der Waals surface area contributed by atoms with Crippen molar-refractivity contribution >= 4 is 5.97 Å². The van der Waals surface area contributed by atoms with Crippen molar-refractivity contribution < 1.29 is 14.3 Å². The molecule has 0 spiro atoms. The van der Waals surface area contributed by atoms with Crippen LogP contribution in [0, 0.1) is 5.92 Å². The standard InChI is InChI=1S/C14H21NO3/c1-11(14(16)18-4)9-15(2)10-12-5-7-13(17-3)8-6-12/h5-8,11H,9-10H2,1-4H3. The van der Waals surface area contributed by atoms with Crippen LogP contribution in [0.25, 0.3) is 0 Å². The van der Waals surface area contributed by atoms with Crippen molar-refractivity contribution in [3.05, 3.63) is 29.8 Å². The molecule has 4 heteroatoms. The van der Waals surface area contributed by atoms with E-state index in [1.165, 1.54) is 12.7 Å². The molecular weight excluding hydrogens is 230 g/mol. The van der Waals surface area contributed by atoms with Gasteiger partial charge >= 0.3 is 5.97 Å². The second-order valence-electron chi connectivity index (χ2n) is 4.47. The van der Waals surface area contributed by atoms with Gasteiger partial charge in [-0.25, -0.2) is 0 Å². The van der Waals surface area contributed by atoms with E-state index >= 15 is 0 Å². The largest absolute Gasteiger partial charge is 0.497 e. The number of hydrogen-bond donors (Lipinski definition) is 0. The summed E-state index contributed by atoms with van der Waals surface area (Å²) in [6.07, 6.45) is 0. The molecular formula is C14H21NO3. The van der Waals surface area contributed by atoms with Gasteiger partial charge < -0.3 is 14.4 Å². The Balaban J connectivity index is 2.48. The summed E-state index contributed by atoms with van der Waals surface area (Å²) in [7, 11) is 5.06. The number of carbonyl (C=O) groups is 1. The highest BCUT2D eigenvalue weighted by molar-refractivity contribution is 5.72. The van der Waals surface area contributed by atoms with Gasteiger partial charge in [0.1, 0.15) is 5.75 Å². The van der Waals surface area contributed by atoms with Crippen LogP contribution >= 0.6 is 0 Å². The number of carbonyl (C=O) groups excluding carboxylic acids is 1. The average Bonchev–Trinajstić information content (AvgIpc) is 2.38. The first-order chi connectivity index (χ1) is 8.56. The molecule has 0 N–H and O–H groups in total. The highest BCUT2D eigenvalue weighted by atomic mass is 16.5. The Morgan fingerprint density at radius 2 is 1.89 bits per heavy atom. The maximum absolute atomic E-state index is 11.3. The molecule has 18 heavy (non-hydrogen) atoms. The van der Waals surface area contributed by atoms with E-state index in [4.69, 9.17) is 9.47 Å². The summed E-state index contributed by atoms with van der Waals surface area (Å²) in [5, 5.41) is 0. The molecule has 0 radical (unpaired) electrons. The topological polar surface area (TPSA) is 38.8 Å². The lowest BCUT2D eigenvalue weighted by molar-refractivity contribution is -0.145. The number of hydrogen-bond acceptors (Lipinski definition) is 4. The van der Waals surface area contributed by atoms with Gasteiger partial charge in [0, 0.05) is 13.1 Å². The maximum atomic E-state index is 11.3. The number of benzene rings is 1. The van der Waals surface area contributed by atoms with E-state index in [0.29, 0.717) is 6.54 Å². The summed E-state index contributed by atoms with van der Waals surface area (Å²) >= 11 is 0. The van der Waals surface area contributed by atoms with Crippen molar-refractivity contribution in [2.24, 2.45) is 5.92 Å². The van der Waals surface area contributed by atoms with E-state index < -0.39 is 0 Å². The van der Waals surface area contributed by atoms with E-state index in [2.05, 4.69) is 4.90 Å². The fourth-order valence-corrected chi connectivity index (χ4v) is 1.85. The summed E-state index contributed by atoms with van der Waals surface area (Å²) < 4.78 is 9.82. The monoisotopic (exact) mass is 251 g/mol.